The molecule has 1 aliphatic rings. The van der Waals surface area contributed by atoms with Crippen LogP contribution in [0.1, 0.15) is 36.8 Å². The summed E-state index contributed by atoms with van der Waals surface area (Å²) in [5.41, 5.74) is 1.25. The lowest BCUT2D eigenvalue weighted by molar-refractivity contribution is -0.0339. The Bertz CT molecular complexity index is 598. The van der Waals surface area contributed by atoms with E-state index in [9.17, 15) is 0 Å². The zero-order valence-corrected chi connectivity index (χ0v) is 15.5. The number of morpholine rings is 1. The predicted molar refractivity (Wildman–Crippen MR) is 98.3 cm³/mol. The van der Waals surface area contributed by atoms with E-state index in [0.717, 1.165) is 45.8 Å². The number of hydrogen-bond acceptors (Lipinski definition) is 5. The van der Waals surface area contributed by atoms with Gasteiger partial charge in [-0.05, 0) is 24.8 Å². The summed E-state index contributed by atoms with van der Waals surface area (Å²) in [5.74, 6) is 0. The van der Waals surface area contributed by atoms with E-state index >= 15 is 0 Å². The quantitative estimate of drug-likeness (QED) is 0.796. The van der Waals surface area contributed by atoms with Gasteiger partial charge in [-0.2, -0.15) is 5.10 Å². The van der Waals surface area contributed by atoms with Crippen molar-refractivity contribution in [1.82, 2.24) is 20.0 Å². The van der Waals surface area contributed by atoms with Crippen molar-refractivity contribution in [3.63, 3.8) is 0 Å². The summed E-state index contributed by atoms with van der Waals surface area (Å²) in [4.78, 5) is 3.98. The Labute approximate surface area is 148 Å². The van der Waals surface area contributed by atoms with E-state index < -0.39 is 0 Å². The van der Waals surface area contributed by atoms with Gasteiger partial charge in [0.1, 0.15) is 0 Å². The van der Waals surface area contributed by atoms with Crippen molar-refractivity contribution in [3.05, 3.63) is 40.3 Å². The number of nitrogens with zero attached hydrogens (tertiary/aromatic N) is 3. The minimum absolute atomic E-state index is 0.313. The van der Waals surface area contributed by atoms with Crippen LogP contribution in [0.15, 0.2) is 29.9 Å². The van der Waals surface area contributed by atoms with Gasteiger partial charge in [-0.25, -0.2) is 0 Å². The van der Waals surface area contributed by atoms with E-state index in [1.807, 2.05) is 22.2 Å². The van der Waals surface area contributed by atoms with Crippen molar-refractivity contribution in [2.45, 2.75) is 45.5 Å². The molecule has 6 heteroatoms. The Morgan fingerprint density at radius 3 is 3.17 bits per heavy atom. The second-order valence-corrected chi connectivity index (χ2v) is 7.43. The molecule has 3 heterocycles. The van der Waals surface area contributed by atoms with Crippen LogP contribution in [0.3, 0.4) is 0 Å². The van der Waals surface area contributed by atoms with Gasteiger partial charge in [-0.1, -0.05) is 13.0 Å². The number of aromatic nitrogens is 2. The monoisotopic (exact) mass is 348 g/mol. The Kier molecular flexibility index (Phi) is 6.43. The zero-order valence-electron chi connectivity index (χ0n) is 14.6. The zero-order chi connectivity index (χ0) is 16.8. The predicted octanol–water partition coefficient (Wildman–Crippen LogP) is 2.91. The number of nitrogens with one attached hydrogen (secondary N) is 1. The molecule has 2 aromatic heterocycles. The number of aryl methyl sites for hydroxylation is 1. The first-order valence-electron chi connectivity index (χ1n) is 8.87. The molecule has 1 N–H and O–H groups in total. The average molecular weight is 349 g/mol. The van der Waals surface area contributed by atoms with Crippen LogP contribution in [0.4, 0.5) is 0 Å². The Morgan fingerprint density at radius 1 is 1.50 bits per heavy atom. The van der Waals surface area contributed by atoms with Gasteiger partial charge in [0.05, 0.1) is 24.9 Å². The SMILES string of the molecule is CCCn1cc(CNC[C@H](c2cccs2)N2CCO[C@H](C)C2)cn1. The Hall–Kier alpha value is -1.21. The molecule has 3 rings (SSSR count). The first-order valence-corrected chi connectivity index (χ1v) is 9.75. The summed E-state index contributed by atoms with van der Waals surface area (Å²) < 4.78 is 7.73. The molecule has 2 atom stereocenters. The van der Waals surface area contributed by atoms with Crippen molar-refractivity contribution in [2.24, 2.45) is 0 Å². The Balaban J connectivity index is 1.57. The first-order chi connectivity index (χ1) is 11.8. The normalized spacial score (nSPS) is 20.3. The van der Waals surface area contributed by atoms with Gasteiger partial charge in [0.2, 0.25) is 0 Å². The molecule has 0 bridgehead atoms. The van der Waals surface area contributed by atoms with Gasteiger partial charge < -0.3 is 10.1 Å². The maximum absolute atomic E-state index is 5.71. The second-order valence-electron chi connectivity index (χ2n) is 6.45. The van der Waals surface area contributed by atoms with Crippen molar-refractivity contribution in [3.8, 4) is 0 Å². The van der Waals surface area contributed by atoms with Crippen LogP contribution in [0.2, 0.25) is 0 Å². The Morgan fingerprint density at radius 2 is 2.42 bits per heavy atom. The van der Waals surface area contributed by atoms with Gasteiger partial charge in [0.15, 0.2) is 0 Å². The largest absolute Gasteiger partial charge is 0.376 e. The smallest absolute Gasteiger partial charge is 0.0674 e. The van der Waals surface area contributed by atoms with Crippen LogP contribution in [0, 0.1) is 0 Å². The molecule has 0 amide bonds. The summed E-state index contributed by atoms with van der Waals surface area (Å²) in [6, 6.07) is 4.81. The fourth-order valence-electron chi connectivity index (χ4n) is 3.22. The van der Waals surface area contributed by atoms with Gasteiger partial charge in [-0.15, -0.1) is 11.3 Å². The number of rotatable bonds is 8. The van der Waals surface area contributed by atoms with Crippen LogP contribution in [0.5, 0.6) is 0 Å². The number of ether oxygens (including phenoxy) is 1. The van der Waals surface area contributed by atoms with E-state index in [1.165, 1.54) is 10.4 Å². The van der Waals surface area contributed by atoms with Crippen molar-refractivity contribution in [1.29, 1.82) is 0 Å². The van der Waals surface area contributed by atoms with Crippen LogP contribution >= 0.6 is 11.3 Å². The third-order valence-electron chi connectivity index (χ3n) is 4.39. The first kappa shape index (κ1) is 17.6. The summed E-state index contributed by atoms with van der Waals surface area (Å²) in [5, 5.41) is 10.2. The molecule has 0 spiro atoms. The lowest BCUT2D eigenvalue weighted by Crippen LogP contribution is -2.45. The molecule has 0 aliphatic carbocycles. The van der Waals surface area contributed by atoms with E-state index in [-0.39, 0.29) is 0 Å². The van der Waals surface area contributed by atoms with Crippen LogP contribution in [0.25, 0.3) is 0 Å². The maximum atomic E-state index is 5.71. The summed E-state index contributed by atoms with van der Waals surface area (Å²) in [6.07, 6.45) is 5.55. The highest BCUT2D eigenvalue weighted by atomic mass is 32.1. The third kappa shape index (κ3) is 4.66. The fourth-order valence-corrected chi connectivity index (χ4v) is 4.08. The maximum Gasteiger partial charge on any atom is 0.0674 e. The molecule has 132 valence electrons. The van der Waals surface area contributed by atoms with Gasteiger partial charge in [-0.3, -0.25) is 9.58 Å². The van der Waals surface area contributed by atoms with Crippen LogP contribution in [-0.2, 0) is 17.8 Å². The topological polar surface area (TPSA) is 42.3 Å². The molecular weight excluding hydrogens is 320 g/mol. The molecule has 1 saturated heterocycles. The number of hydrogen-bond donors (Lipinski definition) is 1. The molecule has 0 radical (unpaired) electrons. The molecule has 1 fully saturated rings. The third-order valence-corrected chi connectivity index (χ3v) is 5.36. The molecule has 0 unspecified atom stereocenters. The lowest BCUT2D eigenvalue weighted by Gasteiger charge is -2.37. The lowest BCUT2D eigenvalue weighted by atomic mass is 10.1. The molecule has 1 aliphatic heterocycles. The average Bonchev–Trinajstić information content (AvgIpc) is 3.24. The van der Waals surface area contributed by atoms with E-state index in [2.05, 4.69) is 52.9 Å². The van der Waals surface area contributed by atoms with Gasteiger partial charge in [0.25, 0.3) is 0 Å². The second kappa shape index (κ2) is 8.76. The van der Waals surface area contributed by atoms with Gasteiger partial charge in [0, 0.05) is 49.4 Å². The highest BCUT2D eigenvalue weighted by molar-refractivity contribution is 7.10. The van der Waals surface area contributed by atoms with E-state index in [0.29, 0.717) is 12.1 Å². The molecular formula is C18H28N4OS. The number of thiophene rings is 1. The van der Waals surface area contributed by atoms with E-state index in [4.69, 9.17) is 4.74 Å². The van der Waals surface area contributed by atoms with Crippen molar-refractivity contribution in [2.75, 3.05) is 26.2 Å². The highest BCUT2D eigenvalue weighted by Gasteiger charge is 2.25. The summed E-state index contributed by atoms with van der Waals surface area (Å²) in [6.45, 7) is 9.97. The molecule has 0 saturated carbocycles. The van der Waals surface area contributed by atoms with Gasteiger partial charge >= 0.3 is 0 Å². The molecule has 5 nitrogen and oxygen atoms in total. The molecule has 2 aromatic rings. The van der Waals surface area contributed by atoms with Crippen LogP contribution < -0.4 is 5.32 Å². The summed E-state index contributed by atoms with van der Waals surface area (Å²) >= 11 is 1.84. The molecule has 24 heavy (non-hydrogen) atoms. The van der Waals surface area contributed by atoms with Crippen LogP contribution in [-0.4, -0.2) is 47.0 Å². The summed E-state index contributed by atoms with van der Waals surface area (Å²) in [7, 11) is 0. The highest BCUT2D eigenvalue weighted by Crippen LogP contribution is 2.26. The van der Waals surface area contributed by atoms with Crippen molar-refractivity contribution < 1.29 is 4.74 Å². The fraction of sp³-hybridized carbons (Fsp3) is 0.611. The standard InChI is InChI=1S/C18H28N4OS/c1-3-6-22-14-16(11-20-22)10-19-12-17(18-5-4-9-24-18)21-7-8-23-15(2)13-21/h4-5,9,11,14-15,17,19H,3,6-8,10,12-13H2,1-2H3/t15-,17-/m1/s1. The minimum Gasteiger partial charge on any atom is -0.376 e. The van der Waals surface area contributed by atoms with Crippen molar-refractivity contribution >= 4 is 11.3 Å². The molecule has 0 aromatic carbocycles. The van der Waals surface area contributed by atoms with E-state index in [1.54, 1.807) is 0 Å². The minimum atomic E-state index is 0.313.